The molecule has 0 amide bonds. The molecule has 3 nitrogen and oxygen atoms in total. The first kappa shape index (κ1) is 15.4. The van der Waals surface area contributed by atoms with Crippen LogP contribution in [0.1, 0.15) is 5.56 Å². The van der Waals surface area contributed by atoms with Crippen molar-refractivity contribution >= 4 is 11.6 Å². The van der Waals surface area contributed by atoms with Crippen LogP contribution in [0.3, 0.4) is 0 Å². The van der Waals surface area contributed by atoms with Crippen LogP contribution < -0.4 is 9.47 Å². The molecule has 0 fully saturated rings. The van der Waals surface area contributed by atoms with E-state index in [9.17, 15) is 13.2 Å². The summed E-state index contributed by atoms with van der Waals surface area (Å²) in [6.07, 6.45) is -3.26. The minimum atomic E-state index is -4.50. The smallest absolute Gasteiger partial charge is 0.421 e. The third-order valence-electron chi connectivity index (χ3n) is 2.48. The molecule has 0 saturated heterocycles. The summed E-state index contributed by atoms with van der Waals surface area (Å²) in [6, 6.07) is 8.74. The van der Waals surface area contributed by atoms with Crippen LogP contribution in [-0.2, 0) is 6.18 Å². The molecule has 0 saturated carbocycles. The Balaban J connectivity index is 1.88. The molecule has 0 atom stereocenters. The SMILES string of the molecule is FC(F)(F)c1cccnc1OCCOc1ccc(Cl)cc1. The predicted octanol–water partition coefficient (Wildman–Crippen LogP) is 4.21. The van der Waals surface area contributed by atoms with E-state index in [4.69, 9.17) is 21.1 Å². The number of benzene rings is 1. The number of hydrogen-bond donors (Lipinski definition) is 0. The molecule has 0 N–H and O–H groups in total. The Morgan fingerprint density at radius 3 is 2.33 bits per heavy atom. The van der Waals surface area contributed by atoms with Crippen molar-refractivity contribution < 1.29 is 22.6 Å². The third-order valence-corrected chi connectivity index (χ3v) is 2.73. The number of aromatic nitrogens is 1. The Kier molecular flexibility index (Phi) is 4.90. The summed E-state index contributed by atoms with van der Waals surface area (Å²) in [4.78, 5) is 3.59. The average Bonchev–Trinajstić information content (AvgIpc) is 2.45. The van der Waals surface area contributed by atoms with E-state index in [1.165, 1.54) is 12.3 Å². The maximum absolute atomic E-state index is 12.7. The minimum absolute atomic E-state index is 0.0529. The fraction of sp³-hybridized carbons (Fsp3) is 0.214. The molecule has 0 bridgehead atoms. The van der Waals surface area contributed by atoms with Gasteiger partial charge in [-0.05, 0) is 36.4 Å². The van der Waals surface area contributed by atoms with Gasteiger partial charge in [0.25, 0.3) is 0 Å². The van der Waals surface area contributed by atoms with Crippen LogP contribution in [0.5, 0.6) is 11.6 Å². The molecule has 0 spiro atoms. The van der Waals surface area contributed by atoms with Crippen molar-refractivity contribution in [3.63, 3.8) is 0 Å². The van der Waals surface area contributed by atoms with Gasteiger partial charge in [0.05, 0.1) is 0 Å². The molecule has 0 radical (unpaired) electrons. The zero-order valence-corrected chi connectivity index (χ0v) is 11.5. The third kappa shape index (κ3) is 4.53. The first-order chi connectivity index (χ1) is 9.97. The van der Waals surface area contributed by atoms with E-state index in [0.717, 1.165) is 6.07 Å². The van der Waals surface area contributed by atoms with Gasteiger partial charge in [-0.3, -0.25) is 0 Å². The highest BCUT2D eigenvalue weighted by Crippen LogP contribution is 2.34. The summed E-state index contributed by atoms with van der Waals surface area (Å²) in [6.45, 7) is 0.0399. The standard InChI is InChI=1S/C14H11ClF3NO2/c15-10-3-5-11(6-4-10)20-8-9-21-13-12(14(16,17)18)2-1-7-19-13/h1-7H,8-9H2. The van der Waals surface area contributed by atoms with Crippen LogP contribution in [0, 0.1) is 0 Å². The molecule has 7 heteroatoms. The number of ether oxygens (including phenoxy) is 2. The molecule has 0 unspecified atom stereocenters. The molecule has 1 heterocycles. The van der Waals surface area contributed by atoms with Crippen LogP contribution in [-0.4, -0.2) is 18.2 Å². The molecule has 21 heavy (non-hydrogen) atoms. The van der Waals surface area contributed by atoms with Crippen molar-refractivity contribution in [1.29, 1.82) is 0 Å². The van der Waals surface area contributed by atoms with Crippen LogP contribution in [0.4, 0.5) is 13.2 Å². The number of rotatable bonds is 5. The van der Waals surface area contributed by atoms with Crippen LogP contribution in [0.25, 0.3) is 0 Å². The molecule has 0 aliphatic rings. The highest BCUT2D eigenvalue weighted by molar-refractivity contribution is 6.30. The summed E-state index contributed by atoms with van der Waals surface area (Å²) in [5.74, 6) is 0.102. The molecular weight excluding hydrogens is 307 g/mol. The Bertz CT molecular complexity index is 588. The highest BCUT2D eigenvalue weighted by Gasteiger charge is 2.34. The number of halogens is 4. The Hall–Kier alpha value is -1.95. The van der Waals surface area contributed by atoms with E-state index < -0.39 is 17.6 Å². The molecular formula is C14H11ClF3NO2. The zero-order valence-electron chi connectivity index (χ0n) is 10.7. The maximum atomic E-state index is 12.7. The number of hydrogen-bond acceptors (Lipinski definition) is 3. The second kappa shape index (κ2) is 6.67. The van der Waals surface area contributed by atoms with Gasteiger partial charge in [0, 0.05) is 11.2 Å². The monoisotopic (exact) mass is 317 g/mol. The molecule has 1 aromatic heterocycles. The topological polar surface area (TPSA) is 31.4 Å². The van der Waals surface area contributed by atoms with Crippen molar-refractivity contribution in [2.45, 2.75) is 6.18 Å². The van der Waals surface area contributed by atoms with Gasteiger partial charge < -0.3 is 9.47 Å². The van der Waals surface area contributed by atoms with Gasteiger partial charge in [-0.25, -0.2) is 4.98 Å². The number of alkyl halides is 3. The largest absolute Gasteiger partial charge is 0.490 e. The van der Waals surface area contributed by atoms with Gasteiger partial charge in [-0.2, -0.15) is 13.2 Å². The van der Waals surface area contributed by atoms with Gasteiger partial charge >= 0.3 is 6.18 Å². The summed E-state index contributed by atoms with van der Waals surface area (Å²) in [5, 5.41) is 0.571. The van der Waals surface area contributed by atoms with Crippen LogP contribution in [0.15, 0.2) is 42.6 Å². The first-order valence-electron chi connectivity index (χ1n) is 6.00. The van der Waals surface area contributed by atoms with E-state index in [0.29, 0.717) is 10.8 Å². The molecule has 1 aromatic carbocycles. The lowest BCUT2D eigenvalue weighted by molar-refractivity contribution is -0.139. The average molecular weight is 318 g/mol. The highest BCUT2D eigenvalue weighted by atomic mass is 35.5. The van der Waals surface area contributed by atoms with E-state index in [2.05, 4.69) is 4.98 Å². The van der Waals surface area contributed by atoms with Crippen molar-refractivity contribution in [3.8, 4) is 11.6 Å². The zero-order chi connectivity index (χ0) is 15.3. The van der Waals surface area contributed by atoms with E-state index in [1.54, 1.807) is 24.3 Å². The van der Waals surface area contributed by atoms with Gasteiger partial charge in [0.2, 0.25) is 5.88 Å². The molecule has 0 aliphatic carbocycles. The van der Waals surface area contributed by atoms with Gasteiger partial charge in [0.1, 0.15) is 24.5 Å². The number of nitrogens with zero attached hydrogens (tertiary/aromatic N) is 1. The maximum Gasteiger partial charge on any atom is 0.421 e. The molecule has 0 aliphatic heterocycles. The lowest BCUT2D eigenvalue weighted by Gasteiger charge is -2.12. The summed E-state index contributed by atoms with van der Waals surface area (Å²) >= 11 is 5.72. The second-order valence-electron chi connectivity index (χ2n) is 4.00. The van der Waals surface area contributed by atoms with E-state index >= 15 is 0 Å². The molecule has 112 valence electrons. The van der Waals surface area contributed by atoms with Crippen molar-refractivity contribution in [1.82, 2.24) is 4.98 Å². The summed E-state index contributed by atoms with van der Waals surface area (Å²) in [7, 11) is 0. The fourth-order valence-corrected chi connectivity index (χ4v) is 1.68. The Morgan fingerprint density at radius 2 is 1.67 bits per heavy atom. The van der Waals surface area contributed by atoms with Gasteiger partial charge in [0.15, 0.2) is 0 Å². The van der Waals surface area contributed by atoms with Crippen LogP contribution in [0.2, 0.25) is 5.02 Å². The molecule has 2 aromatic rings. The minimum Gasteiger partial charge on any atom is -0.490 e. The fourth-order valence-electron chi connectivity index (χ4n) is 1.55. The van der Waals surface area contributed by atoms with Crippen molar-refractivity contribution in [3.05, 3.63) is 53.2 Å². The quantitative estimate of drug-likeness (QED) is 0.774. The van der Waals surface area contributed by atoms with E-state index in [-0.39, 0.29) is 13.2 Å². The lowest BCUT2D eigenvalue weighted by Crippen LogP contribution is -2.14. The summed E-state index contributed by atoms with van der Waals surface area (Å²) < 4.78 is 48.4. The van der Waals surface area contributed by atoms with Gasteiger partial charge in [-0.15, -0.1) is 0 Å². The summed E-state index contributed by atoms with van der Waals surface area (Å²) in [5.41, 5.74) is -0.906. The Morgan fingerprint density at radius 1 is 1.00 bits per heavy atom. The van der Waals surface area contributed by atoms with Gasteiger partial charge in [-0.1, -0.05) is 11.6 Å². The van der Waals surface area contributed by atoms with Crippen molar-refractivity contribution in [2.75, 3.05) is 13.2 Å². The van der Waals surface area contributed by atoms with Crippen LogP contribution >= 0.6 is 11.6 Å². The Labute approximate surface area is 124 Å². The molecule has 2 rings (SSSR count). The van der Waals surface area contributed by atoms with E-state index in [1.807, 2.05) is 0 Å². The second-order valence-corrected chi connectivity index (χ2v) is 4.44. The lowest BCUT2D eigenvalue weighted by atomic mass is 10.2. The predicted molar refractivity (Wildman–Crippen MR) is 71.7 cm³/mol. The normalized spacial score (nSPS) is 11.2. The first-order valence-corrected chi connectivity index (χ1v) is 6.38. The number of pyridine rings is 1. The van der Waals surface area contributed by atoms with Crippen molar-refractivity contribution in [2.24, 2.45) is 0 Å².